The molecule has 166 valence electrons. The van der Waals surface area contributed by atoms with Crippen LogP contribution < -0.4 is 0 Å². The number of carbonyl (C=O) groups is 1. The number of rotatable bonds is 7. The van der Waals surface area contributed by atoms with Gasteiger partial charge in [-0.1, -0.05) is 29.3 Å². The zero-order valence-electron chi connectivity index (χ0n) is 18.4. The maximum atomic E-state index is 13.9. The minimum atomic E-state index is -0.0312. The normalized spacial score (nSPS) is 22.8. The summed E-state index contributed by atoms with van der Waals surface area (Å²) in [5.74, 6) is 1.59. The van der Waals surface area contributed by atoms with Crippen molar-refractivity contribution in [3.05, 3.63) is 70.9 Å². The third kappa shape index (κ3) is 4.75. The summed E-state index contributed by atoms with van der Waals surface area (Å²) >= 11 is 5.90. The molecule has 7 heteroatoms. The predicted octanol–water partition coefficient (Wildman–Crippen LogP) is 5.15. The first-order chi connectivity index (χ1) is 15.5. The fraction of sp³-hybridized carbons (Fsp3) is 0.360. The van der Waals surface area contributed by atoms with Gasteiger partial charge in [0.05, 0.1) is 11.6 Å². The summed E-state index contributed by atoms with van der Waals surface area (Å²) in [6, 6.07) is 7.82. The number of aryl methyl sites for hydroxylation is 1. The van der Waals surface area contributed by atoms with E-state index in [1.54, 1.807) is 37.5 Å². The molecule has 5 rings (SSSR count). The molecule has 1 amide bonds. The molecule has 2 aromatic rings. The van der Waals surface area contributed by atoms with Crippen LogP contribution in [0.2, 0.25) is 0 Å². The van der Waals surface area contributed by atoms with Crippen LogP contribution in [0.5, 0.6) is 0 Å². The van der Waals surface area contributed by atoms with Crippen LogP contribution in [0.1, 0.15) is 42.1 Å². The summed E-state index contributed by atoms with van der Waals surface area (Å²) in [4.78, 5) is 28.5. The van der Waals surface area contributed by atoms with E-state index in [9.17, 15) is 4.79 Å². The van der Waals surface area contributed by atoms with Crippen LogP contribution in [0.15, 0.2) is 64.7 Å². The van der Waals surface area contributed by atoms with Crippen LogP contribution in [-0.2, 0) is 4.74 Å². The maximum Gasteiger partial charge on any atom is 0.255 e. The topological polar surface area (TPSA) is 67.7 Å². The van der Waals surface area contributed by atoms with Gasteiger partial charge in [0.15, 0.2) is 5.82 Å². The second kappa shape index (κ2) is 9.65. The zero-order valence-corrected chi connectivity index (χ0v) is 19.1. The Bertz CT molecular complexity index is 1060. The third-order valence-electron chi connectivity index (χ3n) is 6.08. The van der Waals surface area contributed by atoms with Gasteiger partial charge in [-0.25, -0.2) is 15.0 Å². The molecule has 32 heavy (non-hydrogen) atoms. The van der Waals surface area contributed by atoms with E-state index in [-0.39, 0.29) is 18.0 Å². The van der Waals surface area contributed by atoms with E-state index in [2.05, 4.69) is 21.7 Å². The SMILES string of the molecule is C=N/C(=C\C=C(/C)Cl)OCC1CC2CC(C2)N1C(=O)c1cc(C)ccc1-c1ncccn1. The summed E-state index contributed by atoms with van der Waals surface area (Å²) in [6.45, 7) is 7.71. The maximum absolute atomic E-state index is 13.9. The monoisotopic (exact) mass is 450 g/mol. The van der Waals surface area contributed by atoms with E-state index in [0.29, 0.717) is 34.8 Å². The Labute approximate surface area is 193 Å². The van der Waals surface area contributed by atoms with Crippen molar-refractivity contribution in [2.45, 2.75) is 45.2 Å². The lowest BCUT2D eigenvalue weighted by Gasteiger charge is -2.53. The number of allylic oxidation sites excluding steroid dienone is 3. The number of hydrogen-bond donors (Lipinski definition) is 0. The highest BCUT2D eigenvalue weighted by Gasteiger charge is 2.47. The predicted molar refractivity (Wildman–Crippen MR) is 126 cm³/mol. The Morgan fingerprint density at radius 2 is 2.03 bits per heavy atom. The smallest absolute Gasteiger partial charge is 0.255 e. The standard InChI is InChI=1S/C25H27ClN4O2/c1-16-5-7-21(24-28-9-4-10-29-24)22(11-16)25(31)30-19-12-18(13-19)14-20(30)15-32-23(27-3)8-6-17(2)26/h4-11,18-20H,3,12-15H2,1-2H3/b17-6+,23-8+. The molecule has 3 heterocycles. The summed E-state index contributed by atoms with van der Waals surface area (Å²) in [7, 11) is 0. The Kier molecular flexibility index (Phi) is 6.70. The highest BCUT2D eigenvalue weighted by molar-refractivity contribution is 6.29. The number of aliphatic imine (C=N–C) groups is 1. The van der Waals surface area contributed by atoms with Gasteiger partial charge in [0.1, 0.15) is 6.61 Å². The summed E-state index contributed by atoms with van der Waals surface area (Å²) in [5.41, 5.74) is 2.40. The van der Waals surface area contributed by atoms with Crippen molar-refractivity contribution in [3.63, 3.8) is 0 Å². The van der Waals surface area contributed by atoms with Crippen LogP contribution in [0, 0.1) is 12.8 Å². The zero-order chi connectivity index (χ0) is 22.7. The number of aromatic nitrogens is 2. The van der Waals surface area contributed by atoms with Crippen molar-refractivity contribution in [1.82, 2.24) is 14.9 Å². The van der Waals surface area contributed by atoms with Gasteiger partial charge in [0, 0.05) is 35.1 Å². The lowest BCUT2D eigenvalue weighted by molar-refractivity contribution is -0.0383. The Morgan fingerprint density at radius 3 is 2.72 bits per heavy atom. The molecule has 3 aliphatic rings. The van der Waals surface area contributed by atoms with Gasteiger partial charge < -0.3 is 9.64 Å². The molecule has 0 spiro atoms. The molecule has 1 atom stereocenters. The molecular weight excluding hydrogens is 424 g/mol. The second-order valence-corrected chi connectivity index (χ2v) is 9.04. The van der Waals surface area contributed by atoms with Crippen LogP contribution in [0.3, 0.4) is 0 Å². The van der Waals surface area contributed by atoms with Crippen molar-refractivity contribution in [1.29, 1.82) is 0 Å². The molecule has 1 aliphatic carbocycles. The van der Waals surface area contributed by atoms with Crippen molar-refractivity contribution in [2.75, 3.05) is 6.61 Å². The number of amides is 1. The number of halogens is 1. The van der Waals surface area contributed by atoms with E-state index >= 15 is 0 Å². The molecule has 2 saturated heterocycles. The van der Waals surface area contributed by atoms with E-state index in [4.69, 9.17) is 16.3 Å². The van der Waals surface area contributed by atoms with Gasteiger partial charge in [-0.3, -0.25) is 4.79 Å². The molecular formula is C25H27ClN4O2. The lowest BCUT2D eigenvalue weighted by atomic mass is 9.70. The van der Waals surface area contributed by atoms with Crippen LogP contribution in [0.25, 0.3) is 11.4 Å². The Morgan fingerprint density at radius 1 is 1.28 bits per heavy atom. The highest BCUT2D eigenvalue weighted by Crippen LogP contribution is 2.44. The molecule has 2 bridgehead atoms. The number of hydrogen-bond acceptors (Lipinski definition) is 5. The average Bonchev–Trinajstić information content (AvgIpc) is 2.78. The van der Waals surface area contributed by atoms with Gasteiger partial charge in [0.2, 0.25) is 5.88 Å². The number of benzene rings is 1. The van der Waals surface area contributed by atoms with Gasteiger partial charge >= 0.3 is 0 Å². The molecule has 1 saturated carbocycles. The van der Waals surface area contributed by atoms with Gasteiger partial charge in [-0.05, 0) is 64.0 Å². The van der Waals surface area contributed by atoms with Crippen LogP contribution >= 0.6 is 11.6 Å². The molecule has 6 nitrogen and oxygen atoms in total. The van der Waals surface area contributed by atoms with E-state index in [1.165, 1.54) is 0 Å². The molecule has 3 fully saturated rings. The molecule has 0 radical (unpaired) electrons. The van der Waals surface area contributed by atoms with Crippen molar-refractivity contribution >= 4 is 24.2 Å². The first-order valence-corrected chi connectivity index (χ1v) is 11.2. The molecule has 2 aliphatic heterocycles. The van der Waals surface area contributed by atoms with Gasteiger partial charge in [0.25, 0.3) is 5.91 Å². The molecule has 0 N–H and O–H groups in total. The first kappa shape index (κ1) is 22.2. The van der Waals surface area contributed by atoms with E-state index < -0.39 is 0 Å². The Hall–Kier alpha value is -2.99. The number of fused-ring (bicyclic) bond motifs is 2. The first-order valence-electron chi connectivity index (χ1n) is 10.8. The molecule has 1 aromatic heterocycles. The van der Waals surface area contributed by atoms with Gasteiger partial charge in [-0.2, -0.15) is 0 Å². The van der Waals surface area contributed by atoms with Crippen LogP contribution in [0.4, 0.5) is 0 Å². The molecule has 1 aromatic carbocycles. The highest BCUT2D eigenvalue weighted by atomic mass is 35.5. The number of nitrogens with zero attached hydrogens (tertiary/aromatic N) is 4. The van der Waals surface area contributed by atoms with Crippen molar-refractivity contribution < 1.29 is 9.53 Å². The molecule has 1 unspecified atom stereocenters. The Balaban J connectivity index is 1.61. The summed E-state index contributed by atoms with van der Waals surface area (Å²) in [5, 5.41) is 0.626. The second-order valence-electron chi connectivity index (χ2n) is 8.44. The minimum Gasteiger partial charge on any atom is -0.475 e. The lowest BCUT2D eigenvalue weighted by Crippen LogP contribution is -2.60. The third-order valence-corrected chi connectivity index (χ3v) is 6.21. The fourth-order valence-corrected chi connectivity index (χ4v) is 4.58. The van der Waals surface area contributed by atoms with Gasteiger partial charge in [-0.15, -0.1) is 0 Å². The number of piperidine rings is 2. The fourth-order valence-electron chi connectivity index (χ4n) is 4.52. The van der Waals surface area contributed by atoms with E-state index in [1.807, 2.05) is 30.0 Å². The van der Waals surface area contributed by atoms with Crippen LogP contribution in [-0.4, -0.2) is 46.2 Å². The average molecular weight is 451 g/mol. The minimum absolute atomic E-state index is 0.00138. The van der Waals surface area contributed by atoms with Crippen molar-refractivity contribution in [3.8, 4) is 11.4 Å². The quantitative estimate of drug-likeness (QED) is 0.332. The van der Waals surface area contributed by atoms with Crippen molar-refractivity contribution in [2.24, 2.45) is 10.9 Å². The largest absolute Gasteiger partial charge is 0.475 e. The number of carbonyl (C=O) groups excluding carboxylic acids is 1. The van der Waals surface area contributed by atoms with E-state index in [0.717, 1.165) is 30.4 Å². The summed E-state index contributed by atoms with van der Waals surface area (Å²) < 4.78 is 5.92. The number of ether oxygens (including phenoxy) is 1. The summed E-state index contributed by atoms with van der Waals surface area (Å²) in [6.07, 6.45) is 9.79.